The molecule has 0 spiro atoms. The van der Waals surface area contributed by atoms with E-state index in [4.69, 9.17) is 5.11 Å². The first-order chi connectivity index (χ1) is 6.33. The van der Waals surface area contributed by atoms with E-state index in [1.54, 1.807) is 0 Å². The van der Waals surface area contributed by atoms with Gasteiger partial charge >= 0.3 is 0 Å². The molecule has 0 aliphatic rings. The molecule has 2 rings (SSSR count). The van der Waals surface area contributed by atoms with Crippen LogP contribution < -0.4 is 0 Å². The second-order valence-electron chi connectivity index (χ2n) is 3.05. The summed E-state index contributed by atoms with van der Waals surface area (Å²) >= 11 is 0. The molecule has 0 unspecified atom stereocenters. The van der Waals surface area contributed by atoms with E-state index in [-0.39, 0.29) is 6.61 Å². The Hall–Kier alpha value is -1.35. The summed E-state index contributed by atoms with van der Waals surface area (Å²) in [5.74, 6) is 0. The predicted molar refractivity (Wildman–Crippen MR) is 50.7 cm³/mol. The highest BCUT2D eigenvalue weighted by molar-refractivity contribution is 5.42. The number of nitrogens with zero attached hydrogens (tertiary/aromatic N) is 2. The van der Waals surface area contributed by atoms with Gasteiger partial charge in [-0.2, -0.15) is 0 Å². The van der Waals surface area contributed by atoms with Crippen LogP contribution >= 0.6 is 0 Å². The minimum absolute atomic E-state index is 0.157. The number of fused-ring (bicyclic) bond motifs is 1. The first-order valence-corrected chi connectivity index (χ1v) is 4.36. The van der Waals surface area contributed by atoms with Crippen LogP contribution in [0.3, 0.4) is 0 Å². The van der Waals surface area contributed by atoms with Crippen molar-refractivity contribution in [1.82, 2.24) is 9.38 Å². The van der Waals surface area contributed by atoms with Gasteiger partial charge in [0.05, 0.1) is 5.69 Å². The van der Waals surface area contributed by atoms with Gasteiger partial charge in [-0.3, -0.25) is 0 Å². The van der Waals surface area contributed by atoms with E-state index >= 15 is 0 Å². The molecule has 2 heterocycles. The number of hydrogen-bond donors (Lipinski definition) is 1. The van der Waals surface area contributed by atoms with E-state index in [0.717, 1.165) is 17.0 Å². The first-order valence-electron chi connectivity index (χ1n) is 4.36. The number of aliphatic hydroxyl groups is 1. The fraction of sp³-hybridized carbons (Fsp3) is 0.300. The number of rotatable bonds is 2. The molecule has 0 atom stereocenters. The molecule has 0 saturated heterocycles. The lowest BCUT2D eigenvalue weighted by Gasteiger charge is -1.95. The predicted octanol–water partition coefficient (Wildman–Crippen LogP) is 1.18. The van der Waals surface area contributed by atoms with Gasteiger partial charge in [-0.05, 0) is 19.1 Å². The maximum Gasteiger partial charge on any atom is 0.137 e. The zero-order chi connectivity index (χ0) is 9.26. The van der Waals surface area contributed by atoms with Gasteiger partial charge in [0.2, 0.25) is 0 Å². The summed E-state index contributed by atoms with van der Waals surface area (Å²) in [6, 6.07) is 5.91. The summed E-state index contributed by atoms with van der Waals surface area (Å²) in [4.78, 5) is 4.40. The normalized spacial score (nSPS) is 10.9. The van der Waals surface area contributed by atoms with Crippen LogP contribution in [0.2, 0.25) is 0 Å². The standard InChI is InChI=1S/C10H12N2O/c1-8-9(5-7-13)11-10-4-2-3-6-12(8)10/h2-4,6,13H,5,7H2,1H3. The van der Waals surface area contributed by atoms with Crippen molar-refractivity contribution < 1.29 is 5.11 Å². The van der Waals surface area contributed by atoms with Gasteiger partial charge in [0.15, 0.2) is 0 Å². The van der Waals surface area contributed by atoms with Gasteiger partial charge in [0.25, 0.3) is 0 Å². The second-order valence-corrected chi connectivity index (χ2v) is 3.05. The van der Waals surface area contributed by atoms with Crippen molar-refractivity contribution in [3.05, 3.63) is 35.8 Å². The van der Waals surface area contributed by atoms with Crippen LogP contribution in [0.4, 0.5) is 0 Å². The zero-order valence-corrected chi connectivity index (χ0v) is 7.57. The summed E-state index contributed by atoms with van der Waals surface area (Å²) < 4.78 is 2.03. The quantitative estimate of drug-likeness (QED) is 0.746. The summed E-state index contributed by atoms with van der Waals surface area (Å²) in [6.07, 6.45) is 2.62. The van der Waals surface area contributed by atoms with Crippen molar-refractivity contribution in [2.45, 2.75) is 13.3 Å². The zero-order valence-electron chi connectivity index (χ0n) is 7.57. The molecule has 0 saturated carbocycles. The van der Waals surface area contributed by atoms with Crippen LogP contribution in [0.5, 0.6) is 0 Å². The van der Waals surface area contributed by atoms with Crippen LogP contribution in [0.25, 0.3) is 5.65 Å². The topological polar surface area (TPSA) is 37.5 Å². The third kappa shape index (κ3) is 1.31. The van der Waals surface area contributed by atoms with E-state index in [2.05, 4.69) is 4.98 Å². The molecular formula is C10H12N2O. The maximum atomic E-state index is 8.82. The van der Waals surface area contributed by atoms with Gasteiger partial charge in [-0.15, -0.1) is 0 Å². The molecule has 0 radical (unpaired) electrons. The monoisotopic (exact) mass is 176 g/mol. The minimum atomic E-state index is 0.157. The molecule has 0 aromatic carbocycles. The average molecular weight is 176 g/mol. The Morgan fingerprint density at radius 3 is 3.00 bits per heavy atom. The fourth-order valence-electron chi connectivity index (χ4n) is 1.51. The molecule has 13 heavy (non-hydrogen) atoms. The lowest BCUT2D eigenvalue weighted by molar-refractivity contribution is 0.298. The van der Waals surface area contributed by atoms with E-state index in [1.165, 1.54) is 0 Å². The molecule has 68 valence electrons. The lowest BCUT2D eigenvalue weighted by atomic mass is 10.3. The SMILES string of the molecule is Cc1c(CCO)nc2ccccn12. The van der Waals surface area contributed by atoms with Crippen LogP contribution in [0.1, 0.15) is 11.4 Å². The molecule has 2 aromatic heterocycles. The van der Waals surface area contributed by atoms with Crippen LogP contribution in [-0.2, 0) is 6.42 Å². The van der Waals surface area contributed by atoms with Crippen LogP contribution in [-0.4, -0.2) is 21.1 Å². The third-order valence-electron chi connectivity index (χ3n) is 2.22. The Balaban J connectivity index is 2.60. The highest BCUT2D eigenvalue weighted by atomic mass is 16.3. The lowest BCUT2D eigenvalue weighted by Crippen LogP contribution is -1.93. The first kappa shape index (κ1) is 8.26. The Morgan fingerprint density at radius 2 is 2.31 bits per heavy atom. The molecule has 0 aliphatic heterocycles. The fourth-order valence-corrected chi connectivity index (χ4v) is 1.51. The molecule has 0 aliphatic carbocycles. The number of imidazole rings is 1. The summed E-state index contributed by atoms with van der Waals surface area (Å²) in [6.45, 7) is 2.18. The molecule has 0 amide bonds. The summed E-state index contributed by atoms with van der Waals surface area (Å²) in [7, 11) is 0. The highest BCUT2D eigenvalue weighted by Gasteiger charge is 2.05. The largest absolute Gasteiger partial charge is 0.396 e. The van der Waals surface area contributed by atoms with Gasteiger partial charge in [0, 0.05) is 24.9 Å². The Labute approximate surface area is 76.7 Å². The van der Waals surface area contributed by atoms with E-state index in [0.29, 0.717) is 6.42 Å². The molecule has 2 aromatic rings. The van der Waals surface area contributed by atoms with Crippen molar-refractivity contribution >= 4 is 5.65 Å². The number of aliphatic hydroxyl groups excluding tert-OH is 1. The number of hydrogen-bond acceptors (Lipinski definition) is 2. The highest BCUT2D eigenvalue weighted by Crippen LogP contribution is 2.11. The van der Waals surface area contributed by atoms with Gasteiger partial charge in [-0.1, -0.05) is 6.07 Å². The third-order valence-corrected chi connectivity index (χ3v) is 2.22. The van der Waals surface area contributed by atoms with Crippen molar-refractivity contribution in [3.63, 3.8) is 0 Å². The van der Waals surface area contributed by atoms with Crippen molar-refractivity contribution in [2.24, 2.45) is 0 Å². The Bertz CT molecular complexity index is 420. The minimum Gasteiger partial charge on any atom is -0.396 e. The summed E-state index contributed by atoms with van der Waals surface area (Å²) in [5, 5.41) is 8.82. The van der Waals surface area contributed by atoms with E-state index in [9.17, 15) is 0 Å². The molecule has 3 heteroatoms. The van der Waals surface area contributed by atoms with Gasteiger partial charge in [-0.25, -0.2) is 4.98 Å². The molecule has 0 fully saturated rings. The second kappa shape index (κ2) is 3.18. The van der Waals surface area contributed by atoms with E-state index in [1.807, 2.05) is 35.7 Å². The molecule has 3 nitrogen and oxygen atoms in total. The number of aryl methyl sites for hydroxylation is 1. The van der Waals surface area contributed by atoms with Crippen LogP contribution in [0, 0.1) is 6.92 Å². The Morgan fingerprint density at radius 1 is 1.46 bits per heavy atom. The van der Waals surface area contributed by atoms with Crippen molar-refractivity contribution in [1.29, 1.82) is 0 Å². The van der Waals surface area contributed by atoms with Gasteiger partial charge in [0.1, 0.15) is 5.65 Å². The smallest absolute Gasteiger partial charge is 0.137 e. The maximum absolute atomic E-state index is 8.82. The molecular weight excluding hydrogens is 164 g/mol. The number of pyridine rings is 1. The molecule has 0 bridgehead atoms. The summed E-state index contributed by atoms with van der Waals surface area (Å²) in [5.41, 5.74) is 3.04. The van der Waals surface area contributed by atoms with Crippen LogP contribution in [0.15, 0.2) is 24.4 Å². The van der Waals surface area contributed by atoms with Gasteiger partial charge < -0.3 is 9.51 Å². The molecule has 1 N–H and O–H groups in total. The van der Waals surface area contributed by atoms with Crippen molar-refractivity contribution in [3.8, 4) is 0 Å². The number of aromatic nitrogens is 2. The Kier molecular flexibility index (Phi) is 2.02. The van der Waals surface area contributed by atoms with E-state index < -0.39 is 0 Å². The van der Waals surface area contributed by atoms with Crippen molar-refractivity contribution in [2.75, 3.05) is 6.61 Å². The average Bonchev–Trinajstić information content (AvgIpc) is 2.46.